The van der Waals surface area contributed by atoms with Crippen LogP contribution in [0.3, 0.4) is 0 Å². The van der Waals surface area contributed by atoms with Crippen molar-refractivity contribution < 1.29 is 14.4 Å². The summed E-state index contributed by atoms with van der Waals surface area (Å²) in [5.74, 6) is -1.14. The maximum atomic E-state index is 12.0. The summed E-state index contributed by atoms with van der Waals surface area (Å²) in [6, 6.07) is 13.5. The van der Waals surface area contributed by atoms with E-state index in [4.69, 9.17) is 0 Å². The molecule has 0 spiro atoms. The molecule has 0 saturated heterocycles. The van der Waals surface area contributed by atoms with E-state index in [2.05, 4.69) is 16.2 Å². The van der Waals surface area contributed by atoms with Crippen molar-refractivity contribution in [3.63, 3.8) is 0 Å². The van der Waals surface area contributed by atoms with E-state index in [1.165, 1.54) is 6.08 Å². The molecule has 0 aliphatic rings. The molecule has 0 radical (unpaired) electrons. The van der Waals surface area contributed by atoms with Gasteiger partial charge >= 0.3 is 0 Å². The molecule has 3 N–H and O–H groups in total. The molecule has 0 unspecified atom stereocenters. The summed E-state index contributed by atoms with van der Waals surface area (Å²) in [5, 5.41) is 2.80. The first-order valence-corrected chi connectivity index (χ1v) is 9.04. The first-order chi connectivity index (χ1) is 13.3. The van der Waals surface area contributed by atoms with Gasteiger partial charge in [-0.2, -0.15) is 0 Å². The van der Waals surface area contributed by atoms with Crippen molar-refractivity contribution in [2.45, 2.75) is 33.6 Å². The van der Waals surface area contributed by atoms with Crippen molar-refractivity contribution in [3.8, 4) is 0 Å². The highest BCUT2D eigenvalue weighted by Crippen LogP contribution is 2.16. The van der Waals surface area contributed by atoms with E-state index in [-0.39, 0.29) is 18.7 Å². The molecule has 146 valence electrons. The van der Waals surface area contributed by atoms with E-state index in [1.807, 2.05) is 63.2 Å². The highest BCUT2D eigenvalue weighted by molar-refractivity contribution is 5.95. The molecule has 0 aliphatic heterocycles. The highest BCUT2D eigenvalue weighted by Gasteiger charge is 2.09. The van der Waals surface area contributed by atoms with Gasteiger partial charge in [0.1, 0.15) is 0 Å². The predicted molar refractivity (Wildman–Crippen MR) is 110 cm³/mol. The van der Waals surface area contributed by atoms with Gasteiger partial charge in [0.05, 0.1) is 0 Å². The Morgan fingerprint density at radius 2 is 1.46 bits per heavy atom. The number of nitrogens with one attached hydrogen (secondary N) is 3. The van der Waals surface area contributed by atoms with Crippen LogP contribution in [0.25, 0.3) is 6.08 Å². The molecule has 2 aromatic rings. The average molecular weight is 379 g/mol. The van der Waals surface area contributed by atoms with E-state index < -0.39 is 11.8 Å². The van der Waals surface area contributed by atoms with Gasteiger partial charge in [-0.05, 0) is 49.6 Å². The number of benzene rings is 2. The summed E-state index contributed by atoms with van der Waals surface area (Å²) in [4.78, 5) is 35.6. The molecule has 6 heteroatoms. The monoisotopic (exact) mass is 379 g/mol. The van der Waals surface area contributed by atoms with Crippen LogP contribution in [-0.2, 0) is 14.4 Å². The summed E-state index contributed by atoms with van der Waals surface area (Å²) in [5.41, 5.74) is 9.35. The fraction of sp³-hybridized carbons (Fsp3) is 0.227. The predicted octanol–water partition coefficient (Wildman–Crippen LogP) is 3.19. The lowest BCUT2D eigenvalue weighted by molar-refractivity contribution is -0.128. The normalized spacial score (nSPS) is 10.5. The standard InChI is InChI=1S/C22H25N3O3/c1-15-5-8-18(9-6-15)10-11-21(27)24-25-22(28)13-12-20(26)23-19-14-16(2)4-7-17(19)3/h4-11,14H,12-13H2,1-3H3,(H,23,26)(H,24,27)(H,25,28). The quantitative estimate of drug-likeness (QED) is 0.532. The number of hydrazine groups is 1. The van der Waals surface area contributed by atoms with Crippen molar-refractivity contribution in [2.24, 2.45) is 0 Å². The van der Waals surface area contributed by atoms with Crippen molar-refractivity contribution in [2.75, 3.05) is 5.32 Å². The Kier molecular flexibility index (Phi) is 7.51. The van der Waals surface area contributed by atoms with E-state index in [0.717, 1.165) is 27.9 Å². The Morgan fingerprint density at radius 1 is 0.821 bits per heavy atom. The molecule has 0 bridgehead atoms. The zero-order chi connectivity index (χ0) is 20.5. The van der Waals surface area contributed by atoms with Gasteiger partial charge in [0.25, 0.3) is 5.91 Å². The largest absolute Gasteiger partial charge is 0.326 e. The minimum atomic E-state index is -0.450. The zero-order valence-corrected chi connectivity index (χ0v) is 16.3. The summed E-state index contributed by atoms with van der Waals surface area (Å²) >= 11 is 0. The van der Waals surface area contributed by atoms with Crippen LogP contribution in [0.15, 0.2) is 48.5 Å². The van der Waals surface area contributed by atoms with Gasteiger partial charge in [-0.15, -0.1) is 0 Å². The van der Waals surface area contributed by atoms with Crippen molar-refractivity contribution in [3.05, 3.63) is 70.8 Å². The second kappa shape index (κ2) is 10.1. The van der Waals surface area contributed by atoms with E-state index >= 15 is 0 Å². The zero-order valence-electron chi connectivity index (χ0n) is 16.3. The van der Waals surface area contributed by atoms with Crippen LogP contribution in [0, 0.1) is 20.8 Å². The lowest BCUT2D eigenvalue weighted by Gasteiger charge is -2.09. The SMILES string of the molecule is Cc1ccc(C=CC(=O)NNC(=O)CCC(=O)Nc2cc(C)ccc2C)cc1. The number of rotatable bonds is 6. The van der Waals surface area contributed by atoms with Crippen LogP contribution >= 0.6 is 0 Å². The maximum Gasteiger partial charge on any atom is 0.262 e. The summed E-state index contributed by atoms with van der Waals surface area (Å²) in [6.07, 6.45) is 2.98. The van der Waals surface area contributed by atoms with Crippen LogP contribution in [0.5, 0.6) is 0 Å². The number of aryl methyl sites for hydroxylation is 3. The van der Waals surface area contributed by atoms with E-state index in [0.29, 0.717) is 0 Å². The Morgan fingerprint density at radius 3 is 2.18 bits per heavy atom. The molecule has 2 rings (SSSR count). The molecule has 0 aliphatic carbocycles. The molecule has 28 heavy (non-hydrogen) atoms. The molecule has 0 fully saturated rings. The number of carbonyl (C=O) groups is 3. The van der Waals surface area contributed by atoms with Gasteiger partial charge in [0.2, 0.25) is 11.8 Å². The first kappa shape index (κ1) is 20.9. The number of carbonyl (C=O) groups excluding carboxylic acids is 3. The van der Waals surface area contributed by atoms with Gasteiger partial charge in [0, 0.05) is 24.6 Å². The Balaban J connectivity index is 1.71. The van der Waals surface area contributed by atoms with Gasteiger partial charge in [-0.25, -0.2) is 0 Å². The number of amides is 3. The lowest BCUT2D eigenvalue weighted by Crippen LogP contribution is -2.41. The van der Waals surface area contributed by atoms with Crippen molar-refractivity contribution >= 4 is 29.5 Å². The van der Waals surface area contributed by atoms with Crippen LogP contribution in [0.2, 0.25) is 0 Å². The third kappa shape index (κ3) is 7.07. The second-order valence-electron chi connectivity index (χ2n) is 6.65. The highest BCUT2D eigenvalue weighted by atomic mass is 16.2. The van der Waals surface area contributed by atoms with Gasteiger partial charge in [-0.3, -0.25) is 25.2 Å². The summed E-state index contributed by atoms with van der Waals surface area (Å²) in [7, 11) is 0. The molecule has 0 heterocycles. The molecule has 0 atom stereocenters. The number of hydrogen-bond acceptors (Lipinski definition) is 3. The molecular weight excluding hydrogens is 354 g/mol. The van der Waals surface area contributed by atoms with Gasteiger partial charge in [0.15, 0.2) is 0 Å². The third-order valence-electron chi connectivity index (χ3n) is 4.08. The molecule has 2 aromatic carbocycles. The van der Waals surface area contributed by atoms with Crippen LogP contribution in [0.1, 0.15) is 35.1 Å². The Bertz CT molecular complexity index is 886. The van der Waals surface area contributed by atoms with Gasteiger partial charge in [-0.1, -0.05) is 42.0 Å². The fourth-order valence-corrected chi connectivity index (χ4v) is 2.40. The Labute approximate surface area is 165 Å². The molecule has 0 aromatic heterocycles. The van der Waals surface area contributed by atoms with Crippen LogP contribution < -0.4 is 16.2 Å². The number of anilines is 1. The first-order valence-electron chi connectivity index (χ1n) is 9.04. The van der Waals surface area contributed by atoms with Crippen LogP contribution in [0.4, 0.5) is 5.69 Å². The van der Waals surface area contributed by atoms with Crippen molar-refractivity contribution in [1.82, 2.24) is 10.9 Å². The average Bonchev–Trinajstić information content (AvgIpc) is 2.67. The summed E-state index contributed by atoms with van der Waals surface area (Å²) < 4.78 is 0. The smallest absolute Gasteiger partial charge is 0.262 e. The van der Waals surface area contributed by atoms with E-state index in [1.54, 1.807) is 6.08 Å². The van der Waals surface area contributed by atoms with Crippen LogP contribution in [-0.4, -0.2) is 17.7 Å². The minimum absolute atomic E-state index is 0.0221. The Hall–Kier alpha value is -3.41. The fourth-order valence-electron chi connectivity index (χ4n) is 2.40. The van der Waals surface area contributed by atoms with Crippen molar-refractivity contribution in [1.29, 1.82) is 0 Å². The lowest BCUT2D eigenvalue weighted by atomic mass is 10.1. The summed E-state index contributed by atoms with van der Waals surface area (Å²) in [6.45, 7) is 5.83. The minimum Gasteiger partial charge on any atom is -0.326 e. The second-order valence-corrected chi connectivity index (χ2v) is 6.65. The number of hydrogen-bond donors (Lipinski definition) is 3. The third-order valence-corrected chi connectivity index (χ3v) is 4.08. The maximum absolute atomic E-state index is 12.0. The topological polar surface area (TPSA) is 87.3 Å². The molecule has 3 amide bonds. The van der Waals surface area contributed by atoms with E-state index in [9.17, 15) is 14.4 Å². The molecule has 6 nitrogen and oxygen atoms in total. The molecule has 0 saturated carbocycles. The molecular formula is C22H25N3O3. The van der Waals surface area contributed by atoms with Gasteiger partial charge < -0.3 is 5.32 Å².